The minimum absolute atomic E-state index is 0.152. The number of para-hydroxylation sites is 1. The molecule has 0 aliphatic heterocycles. The van der Waals surface area contributed by atoms with Crippen LogP contribution in [0.5, 0.6) is 5.75 Å². The Kier molecular flexibility index (Phi) is 2.88. The van der Waals surface area contributed by atoms with Gasteiger partial charge in [-0.1, -0.05) is 24.3 Å². The van der Waals surface area contributed by atoms with Crippen LogP contribution in [0, 0.1) is 0 Å². The van der Waals surface area contributed by atoms with Gasteiger partial charge in [-0.3, -0.25) is 0 Å². The Bertz CT molecular complexity index is 270. The molecule has 12 heavy (non-hydrogen) atoms. The summed E-state index contributed by atoms with van der Waals surface area (Å²) in [6, 6.07) is 7.52. The first-order valence-corrected chi connectivity index (χ1v) is 3.80. The maximum Gasteiger partial charge on any atom is 0.123 e. The largest absolute Gasteiger partial charge is 0.496 e. The molecule has 0 saturated carbocycles. The Hall–Kier alpha value is -1.28. The summed E-state index contributed by atoms with van der Waals surface area (Å²) in [7, 11) is 1.63. The summed E-state index contributed by atoms with van der Waals surface area (Å²) in [5.74, 6) is 0.810. The van der Waals surface area contributed by atoms with E-state index < -0.39 is 0 Å². The molecule has 0 bridgehead atoms. The van der Waals surface area contributed by atoms with E-state index in [1.54, 1.807) is 13.2 Å². The molecular weight excluding hydrogens is 150 g/mol. The van der Waals surface area contributed by atoms with Gasteiger partial charge in [0.25, 0.3) is 0 Å². The van der Waals surface area contributed by atoms with E-state index >= 15 is 0 Å². The van der Waals surface area contributed by atoms with Crippen LogP contribution in [0.1, 0.15) is 11.6 Å². The van der Waals surface area contributed by atoms with E-state index in [9.17, 15) is 0 Å². The normalized spacial score (nSPS) is 12.2. The van der Waals surface area contributed by atoms with Crippen molar-refractivity contribution in [2.24, 2.45) is 5.73 Å². The highest BCUT2D eigenvalue weighted by molar-refractivity contribution is 5.37. The molecule has 1 aromatic carbocycles. The van der Waals surface area contributed by atoms with Crippen LogP contribution < -0.4 is 10.5 Å². The summed E-state index contributed by atoms with van der Waals surface area (Å²) in [6.07, 6.45) is 1.69. The molecular formula is C10H13NO. The molecule has 0 spiro atoms. The lowest BCUT2D eigenvalue weighted by molar-refractivity contribution is 0.408. The van der Waals surface area contributed by atoms with Crippen molar-refractivity contribution in [3.63, 3.8) is 0 Å². The van der Waals surface area contributed by atoms with Crippen LogP contribution >= 0.6 is 0 Å². The zero-order valence-electron chi connectivity index (χ0n) is 7.16. The molecule has 1 atom stereocenters. The average Bonchev–Trinajstić information content (AvgIpc) is 2.16. The summed E-state index contributed by atoms with van der Waals surface area (Å²) in [5.41, 5.74) is 6.74. The van der Waals surface area contributed by atoms with E-state index in [0.29, 0.717) is 0 Å². The summed E-state index contributed by atoms with van der Waals surface area (Å²) in [6.45, 7) is 3.63. The molecule has 0 saturated heterocycles. The standard InChI is InChI=1S/C10H13NO/c1-3-9(11)8-6-4-5-7-10(8)12-2/h3-7,9H,1,11H2,2H3/t9-/m1/s1. The fourth-order valence-electron chi connectivity index (χ4n) is 1.07. The number of rotatable bonds is 3. The third-order valence-electron chi connectivity index (χ3n) is 1.75. The number of hydrogen-bond donors (Lipinski definition) is 1. The van der Waals surface area contributed by atoms with Gasteiger partial charge in [-0.2, -0.15) is 0 Å². The Morgan fingerprint density at radius 3 is 2.75 bits per heavy atom. The maximum atomic E-state index is 5.77. The molecule has 1 aromatic rings. The molecule has 0 radical (unpaired) electrons. The van der Waals surface area contributed by atoms with Crippen LogP contribution in [-0.2, 0) is 0 Å². The SMILES string of the molecule is C=C[C@@H](N)c1ccccc1OC. The third kappa shape index (κ3) is 1.66. The zero-order chi connectivity index (χ0) is 8.97. The van der Waals surface area contributed by atoms with E-state index in [-0.39, 0.29) is 6.04 Å². The lowest BCUT2D eigenvalue weighted by atomic mass is 10.1. The van der Waals surface area contributed by atoms with Gasteiger partial charge in [0.15, 0.2) is 0 Å². The summed E-state index contributed by atoms with van der Waals surface area (Å²) < 4.78 is 5.14. The molecule has 0 unspecified atom stereocenters. The van der Waals surface area contributed by atoms with Gasteiger partial charge in [-0.15, -0.1) is 6.58 Å². The first-order chi connectivity index (χ1) is 5.79. The Labute approximate surface area is 72.7 Å². The van der Waals surface area contributed by atoms with E-state index in [1.807, 2.05) is 24.3 Å². The Balaban J connectivity index is 3.04. The predicted octanol–water partition coefficient (Wildman–Crippen LogP) is 1.88. The molecule has 2 N–H and O–H groups in total. The molecule has 2 nitrogen and oxygen atoms in total. The monoisotopic (exact) mass is 163 g/mol. The highest BCUT2D eigenvalue weighted by Crippen LogP contribution is 2.23. The first kappa shape index (κ1) is 8.81. The smallest absolute Gasteiger partial charge is 0.123 e. The van der Waals surface area contributed by atoms with Gasteiger partial charge in [0.1, 0.15) is 5.75 Å². The number of benzene rings is 1. The van der Waals surface area contributed by atoms with Crippen LogP contribution in [0.4, 0.5) is 0 Å². The van der Waals surface area contributed by atoms with Crippen molar-refractivity contribution in [3.05, 3.63) is 42.5 Å². The van der Waals surface area contributed by atoms with Crippen LogP contribution in [0.3, 0.4) is 0 Å². The van der Waals surface area contributed by atoms with Gasteiger partial charge in [-0.05, 0) is 6.07 Å². The van der Waals surface area contributed by atoms with Crippen molar-refractivity contribution in [2.75, 3.05) is 7.11 Å². The van der Waals surface area contributed by atoms with Gasteiger partial charge in [-0.25, -0.2) is 0 Å². The minimum atomic E-state index is -0.152. The van der Waals surface area contributed by atoms with Crippen LogP contribution in [0.15, 0.2) is 36.9 Å². The molecule has 2 heteroatoms. The fraction of sp³-hybridized carbons (Fsp3) is 0.200. The van der Waals surface area contributed by atoms with Crippen molar-refractivity contribution in [3.8, 4) is 5.75 Å². The van der Waals surface area contributed by atoms with Crippen molar-refractivity contribution in [1.29, 1.82) is 0 Å². The van der Waals surface area contributed by atoms with E-state index in [0.717, 1.165) is 11.3 Å². The second-order valence-electron chi connectivity index (χ2n) is 2.50. The van der Waals surface area contributed by atoms with Gasteiger partial charge in [0.05, 0.1) is 13.2 Å². The number of nitrogens with two attached hydrogens (primary N) is 1. The molecule has 1 rings (SSSR count). The zero-order valence-corrected chi connectivity index (χ0v) is 7.16. The number of hydrogen-bond acceptors (Lipinski definition) is 2. The lowest BCUT2D eigenvalue weighted by Gasteiger charge is -2.10. The van der Waals surface area contributed by atoms with Gasteiger partial charge in [0.2, 0.25) is 0 Å². The van der Waals surface area contributed by atoms with Crippen LogP contribution in [0.25, 0.3) is 0 Å². The minimum Gasteiger partial charge on any atom is -0.496 e. The second-order valence-corrected chi connectivity index (χ2v) is 2.50. The fourth-order valence-corrected chi connectivity index (χ4v) is 1.07. The Morgan fingerprint density at radius 1 is 1.50 bits per heavy atom. The molecule has 0 aromatic heterocycles. The topological polar surface area (TPSA) is 35.2 Å². The van der Waals surface area contributed by atoms with Crippen LogP contribution in [0.2, 0.25) is 0 Å². The molecule has 64 valence electrons. The quantitative estimate of drug-likeness (QED) is 0.690. The molecule has 0 aliphatic rings. The van der Waals surface area contributed by atoms with Crippen LogP contribution in [-0.4, -0.2) is 7.11 Å². The summed E-state index contributed by atoms with van der Waals surface area (Å²) in [4.78, 5) is 0. The number of methoxy groups -OCH3 is 1. The summed E-state index contributed by atoms with van der Waals surface area (Å²) in [5, 5.41) is 0. The van der Waals surface area contributed by atoms with Gasteiger partial charge < -0.3 is 10.5 Å². The Morgan fingerprint density at radius 2 is 2.17 bits per heavy atom. The summed E-state index contributed by atoms with van der Waals surface area (Å²) >= 11 is 0. The first-order valence-electron chi connectivity index (χ1n) is 3.80. The van der Waals surface area contributed by atoms with Gasteiger partial charge in [0, 0.05) is 5.56 Å². The van der Waals surface area contributed by atoms with E-state index in [4.69, 9.17) is 10.5 Å². The molecule has 0 aliphatic carbocycles. The highest BCUT2D eigenvalue weighted by atomic mass is 16.5. The van der Waals surface area contributed by atoms with Gasteiger partial charge >= 0.3 is 0 Å². The van der Waals surface area contributed by atoms with E-state index in [2.05, 4.69) is 6.58 Å². The second kappa shape index (κ2) is 3.93. The predicted molar refractivity (Wildman–Crippen MR) is 50.1 cm³/mol. The van der Waals surface area contributed by atoms with Crippen molar-refractivity contribution in [1.82, 2.24) is 0 Å². The van der Waals surface area contributed by atoms with Crippen molar-refractivity contribution < 1.29 is 4.74 Å². The third-order valence-corrected chi connectivity index (χ3v) is 1.75. The maximum absolute atomic E-state index is 5.77. The van der Waals surface area contributed by atoms with Crippen molar-refractivity contribution in [2.45, 2.75) is 6.04 Å². The molecule has 0 heterocycles. The molecule has 0 amide bonds. The number of ether oxygens (including phenoxy) is 1. The van der Waals surface area contributed by atoms with Crippen molar-refractivity contribution >= 4 is 0 Å². The molecule has 0 fully saturated rings. The lowest BCUT2D eigenvalue weighted by Crippen LogP contribution is -2.07. The average molecular weight is 163 g/mol. The van der Waals surface area contributed by atoms with E-state index in [1.165, 1.54) is 0 Å². The highest BCUT2D eigenvalue weighted by Gasteiger charge is 2.06.